The summed E-state index contributed by atoms with van der Waals surface area (Å²) in [7, 11) is 2.27. The summed E-state index contributed by atoms with van der Waals surface area (Å²) < 4.78 is 0. The van der Waals surface area contributed by atoms with Gasteiger partial charge in [-0.3, -0.25) is 0 Å². The minimum absolute atomic E-state index is 0.457. The predicted molar refractivity (Wildman–Crippen MR) is 113 cm³/mol. The Morgan fingerprint density at radius 1 is 1.27 bits per heavy atom. The Labute approximate surface area is 163 Å². The van der Waals surface area contributed by atoms with Crippen LogP contribution >= 0.6 is 23.6 Å². The standard InChI is InChI=1S/C20H22N4S2/c1-24-15-3-4-16(24)10-14(9-15)21-20(25)19-17-8-12(13-6-7-26-11-13)2-5-18(17)22-23-19/h2,6-8,11,14-16H,3-5,9-10H2,1H3,(H,21,25). The number of hydrogen-bond donors (Lipinski definition) is 1. The zero-order chi connectivity index (χ0) is 17.7. The third kappa shape index (κ3) is 2.80. The van der Waals surface area contributed by atoms with Gasteiger partial charge in [0.25, 0.3) is 0 Å². The molecule has 2 bridgehead atoms. The van der Waals surface area contributed by atoms with Crippen LogP contribution in [0.25, 0.3) is 5.57 Å². The van der Waals surface area contributed by atoms with Gasteiger partial charge >= 0.3 is 0 Å². The molecular formula is C20H22N4S2. The fourth-order valence-corrected chi connectivity index (χ4v) is 5.64. The Kier molecular flexibility index (Phi) is 4.14. The van der Waals surface area contributed by atoms with Crippen LogP contribution in [-0.4, -0.2) is 46.5 Å². The summed E-state index contributed by atoms with van der Waals surface area (Å²) in [6.45, 7) is 0. The second-order valence-corrected chi connectivity index (χ2v) is 8.81. The van der Waals surface area contributed by atoms with Gasteiger partial charge < -0.3 is 10.2 Å². The van der Waals surface area contributed by atoms with E-state index >= 15 is 0 Å². The number of nitrogens with one attached hydrogen (secondary N) is 1. The van der Waals surface area contributed by atoms with E-state index in [1.54, 1.807) is 11.3 Å². The number of thiophene rings is 1. The molecule has 4 aliphatic rings. The van der Waals surface area contributed by atoms with Gasteiger partial charge in [0.2, 0.25) is 0 Å². The maximum absolute atomic E-state index is 5.74. The van der Waals surface area contributed by atoms with E-state index in [4.69, 9.17) is 12.2 Å². The van der Waals surface area contributed by atoms with E-state index in [0.717, 1.165) is 28.4 Å². The summed E-state index contributed by atoms with van der Waals surface area (Å²) in [6, 6.07) is 4.02. The fraction of sp³-hybridized carbons (Fsp3) is 0.450. The second-order valence-electron chi connectivity index (χ2n) is 7.62. The second kappa shape index (κ2) is 6.51. The van der Waals surface area contributed by atoms with Gasteiger partial charge in [0.15, 0.2) is 0 Å². The van der Waals surface area contributed by atoms with Gasteiger partial charge in [-0.05, 0) is 66.8 Å². The largest absolute Gasteiger partial charge is 0.372 e. The Hall–Kier alpha value is -1.63. The number of allylic oxidation sites excluding steroid dienone is 3. The third-order valence-corrected chi connectivity index (χ3v) is 7.15. The lowest BCUT2D eigenvalue weighted by Gasteiger charge is -2.37. The zero-order valence-corrected chi connectivity index (χ0v) is 16.4. The summed E-state index contributed by atoms with van der Waals surface area (Å²) in [5.41, 5.74) is 5.49. The highest BCUT2D eigenvalue weighted by Gasteiger charge is 2.39. The van der Waals surface area contributed by atoms with Crippen LogP contribution in [-0.2, 0) is 0 Å². The van der Waals surface area contributed by atoms with Gasteiger partial charge in [0, 0.05) is 30.1 Å². The van der Waals surface area contributed by atoms with E-state index in [-0.39, 0.29) is 0 Å². The molecule has 4 heterocycles. The Bertz CT molecular complexity index is 848. The number of fused-ring (bicyclic) bond motifs is 3. The summed E-state index contributed by atoms with van der Waals surface area (Å²) in [5.74, 6) is 0. The molecule has 2 atom stereocenters. The Morgan fingerprint density at radius 2 is 2.08 bits per heavy atom. The molecule has 1 N–H and O–H groups in total. The van der Waals surface area contributed by atoms with E-state index in [1.807, 2.05) is 0 Å². The zero-order valence-electron chi connectivity index (χ0n) is 14.8. The van der Waals surface area contributed by atoms with E-state index in [1.165, 1.54) is 36.8 Å². The topological polar surface area (TPSA) is 40.0 Å². The van der Waals surface area contributed by atoms with Gasteiger partial charge in [0.1, 0.15) is 10.7 Å². The lowest BCUT2D eigenvalue weighted by molar-refractivity contribution is 0.157. The molecule has 2 unspecified atom stereocenters. The SMILES string of the molecule is CN1C2CCC1CC(NC(=S)C1=NN=C3CC=C(c4ccsc4)C=C31)C2. The molecule has 1 aromatic rings. The molecule has 0 amide bonds. The smallest absolute Gasteiger partial charge is 0.129 e. The molecule has 26 heavy (non-hydrogen) atoms. The number of piperidine rings is 1. The number of hydrogen-bond acceptors (Lipinski definition) is 5. The molecule has 5 rings (SSSR count). The first-order valence-electron chi connectivity index (χ1n) is 9.31. The average Bonchev–Trinajstić information content (AvgIpc) is 3.34. The van der Waals surface area contributed by atoms with Gasteiger partial charge in [-0.15, -0.1) is 5.10 Å². The van der Waals surface area contributed by atoms with Crippen LogP contribution in [0.5, 0.6) is 0 Å². The van der Waals surface area contributed by atoms with Crippen molar-refractivity contribution in [2.24, 2.45) is 10.2 Å². The first-order valence-corrected chi connectivity index (χ1v) is 10.7. The molecule has 0 saturated carbocycles. The van der Waals surface area contributed by atoms with Crippen LogP contribution in [0.4, 0.5) is 0 Å². The predicted octanol–water partition coefficient (Wildman–Crippen LogP) is 3.81. The van der Waals surface area contributed by atoms with Crippen molar-refractivity contribution in [3.8, 4) is 0 Å². The molecular weight excluding hydrogens is 360 g/mol. The Morgan fingerprint density at radius 3 is 2.81 bits per heavy atom. The van der Waals surface area contributed by atoms with E-state index < -0.39 is 0 Å². The van der Waals surface area contributed by atoms with Crippen molar-refractivity contribution in [2.45, 2.75) is 50.2 Å². The van der Waals surface area contributed by atoms with Crippen molar-refractivity contribution >= 4 is 45.5 Å². The van der Waals surface area contributed by atoms with Crippen LogP contribution in [0.2, 0.25) is 0 Å². The van der Waals surface area contributed by atoms with Crippen molar-refractivity contribution in [3.63, 3.8) is 0 Å². The van der Waals surface area contributed by atoms with Gasteiger partial charge in [0.05, 0.1) is 5.71 Å². The molecule has 0 radical (unpaired) electrons. The van der Waals surface area contributed by atoms with Gasteiger partial charge in [-0.25, -0.2) is 0 Å². The summed E-state index contributed by atoms with van der Waals surface area (Å²) in [4.78, 5) is 3.31. The van der Waals surface area contributed by atoms with Crippen LogP contribution in [0, 0.1) is 0 Å². The van der Waals surface area contributed by atoms with Crippen LogP contribution in [0.1, 0.15) is 37.7 Å². The maximum atomic E-state index is 5.74. The molecule has 4 nitrogen and oxygen atoms in total. The lowest BCUT2D eigenvalue weighted by Crippen LogP contribution is -2.49. The highest BCUT2D eigenvalue weighted by Crippen LogP contribution is 2.34. The molecule has 2 fully saturated rings. The first-order chi connectivity index (χ1) is 12.7. The average molecular weight is 383 g/mol. The van der Waals surface area contributed by atoms with E-state index in [2.05, 4.69) is 56.4 Å². The van der Waals surface area contributed by atoms with Crippen LogP contribution in [0.15, 0.2) is 44.8 Å². The normalized spacial score (nSPS) is 30.3. The third-order valence-electron chi connectivity index (χ3n) is 6.15. The molecule has 0 aromatic carbocycles. The number of rotatable bonds is 3. The van der Waals surface area contributed by atoms with Crippen molar-refractivity contribution in [3.05, 3.63) is 40.1 Å². The van der Waals surface area contributed by atoms with Crippen molar-refractivity contribution in [2.75, 3.05) is 7.05 Å². The van der Waals surface area contributed by atoms with Gasteiger partial charge in [-0.2, -0.15) is 16.4 Å². The quantitative estimate of drug-likeness (QED) is 0.808. The fourth-order valence-electron chi connectivity index (χ4n) is 4.66. The molecule has 6 heteroatoms. The van der Waals surface area contributed by atoms with Crippen LogP contribution < -0.4 is 5.32 Å². The number of thiocarbonyl (C=S) groups is 1. The molecule has 1 aliphatic carbocycles. The van der Waals surface area contributed by atoms with Crippen molar-refractivity contribution in [1.29, 1.82) is 0 Å². The summed E-state index contributed by atoms with van der Waals surface area (Å²) in [6.07, 6.45) is 10.2. The van der Waals surface area contributed by atoms with E-state index in [0.29, 0.717) is 18.1 Å². The monoisotopic (exact) mass is 382 g/mol. The minimum Gasteiger partial charge on any atom is -0.372 e. The highest BCUT2D eigenvalue weighted by molar-refractivity contribution is 7.82. The van der Waals surface area contributed by atoms with Gasteiger partial charge in [-0.1, -0.05) is 18.3 Å². The van der Waals surface area contributed by atoms with E-state index in [9.17, 15) is 0 Å². The number of nitrogens with zero attached hydrogens (tertiary/aromatic N) is 3. The minimum atomic E-state index is 0.457. The Balaban J connectivity index is 1.31. The molecule has 2 saturated heterocycles. The molecule has 3 aliphatic heterocycles. The molecule has 1 aromatic heterocycles. The summed E-state index contributed by atoms with van der Waals surface area (Å²) in [5, 5.41) is 16.7. The van der Waals surface area contributed by atoms with Crippen molar-refractivity contribution < 1.29 is 0 Å². The summed E-state index contributed by atoms with van der Waals surface area (Å²) >= 11 is 7.46. The van der Waals surface area contributed by atoms with Crippen molar-refractivity contribution in [1.82, 2.24) is 10.2 Å². The molecule has 134 valence electrons. The first kappa shape index (κ1) is 16.5. The molecule has 0 spiro atoms. The maximum Gasteiger partial charge on any atom is 0.129 e. The lowest BCUT2D eigenvalue weighted by atomic mass is 9.91. The highest BCUT2D eigenvalue weighted by atomic mass is 32.1. The van der Waals surface area contributed by atoms with Crippen LogP contribution in [0.3, 0.4) is 0 Å².